The number of aliphatic hydroxyl groups excluding tert-OH is 1. The van der Waals surface area contributed by atoms with Crippen molar-refractivity contribution in [3.05, 3.63) is 33.7 Å². The van der Waals surface area contributed by atoms with Crippen molar-refractivity contribution < 1.29 is 19.7 Å². The monoisotopic (exact) mass is 340 g/mol. The Kier molecular flexibility index (Phi) is 7.36. The minimum Gasteiger partial charge on any atom is -0.394 e. The van der Waals surface area contributed by atoms with E-state index in [9.17, 15) is 24.8 Å². The summed E-state index contributed by atoms with van der Waals surface area (Å²) in [7, 11) is 0. The van der Waals surface area contributed by atoms with Crippen molar-refractivity contribution in [3.63, 3.8) is 0 Å². The van der Waals surface area contributed by atoms with Gasteiger partial charge < -0.3 is 26.4 Å². The number of nitrogens with zero attached hydrogens (tertiary/aromatic N) is 3. The van der Waals surface area contributed by atoms with Gasteiger partial charge in [-0.3, -0.25) is 9.59 Å². The maximum absolute atomic E-state index is 11.9. The van der Waals surface area contributed by atoms with Crippen molar-refractivity contribution in [2.24, 2.45) is 10.8 Å². The first-order valence-corrected chi connectivity index (χ1v) is 7.11. The second-order valence-corrected chi connectivity index (χ2v) is 4.92. The molecule has 2 amide bonds. The van der Waals surface area contributed by atoms with E-state index in [1.165, 1.54) is 17.9 Å². The lowest BCUT2D eigenvalue weighted by molar-refractivity contribution is -0.485. The molecule has 1 aliphatic heterocycles. The van der Waals surface area contributed by atoms with Gasteiger partial charge in [0.15, 0.2) is 10.9 Å². The third kappa shape index (κ3) is 6.44. The Bertz CT molecular complexity index is 598. The van der Waals surface area contributed by atoms with E-state index >= 15 is 0 Å². The van der Waals surface area contributed by atoms with E-state index in [-0.39, 0.29) is 36.9 Å². The number of amides is 2. The molecule has 132 valence electrons. The minimum absolute atomic E-state index is 0.110. The summed E-state index contributed by atoms with van der Waals surface area (Å²) in [6, 6.07) is 0. The van der Waals surface area contributed by atoms with Gasteiger partial charge in [0, 0.05) is 18.8 Å². The number of aliphatic hydroxyl groups is 1. The molecular formula is C13H20N6O5. The molecule has 0 unspecified atom stereocenters. The van der Waals surface area contributed by atoms with Crippen LogP contribution in [0.2, 0.25) is 0 Å². The Morgan fingerprint density at radius 1 is 1.62 bits per heavy atom. The number of hydrogen-bond donors (Lipinski definition) is 4. The Morgan fingerprint density at radius 3 is 2.88 bits per heavy atom. The van der Waals surface area contributed by atoms with Crippen LogP contribution >= 0.6 is 0 Å². The fourth-order valence-electron chi connectivity index (χ4n) is 1.90. The van der Waals surface area contributed by atoms with Gasteiger partial charge in [-0.1, -0.05) is 6.08 Å². The van der Waals surface area contributed by atoms with Crippen molar-refractivity contribution in [2.45, 2.75) is 13.3 Å². The molecule has 0 aliphatic carbocycles. The van der Waals surface area contributed by atoms with Crippen LogP contribution in [-0.4, -0.2) is 58.9 Å². The number of nitrogens with two attached hydrogens (primary N) is 1. The first-order valence-electron chi connectivity index (χ1n) is 7.11. The van der Waals surface area contributed by atoms with E-state index in [2.05, 4.69) is 15.7 Å². The summed E-state index contributed by atoms with van der Waals surface area (Å²) >= 11 is 0. The van der Waals surface area contributed by atoms with Crippen LogP contribution in [0.15, 0.2) is 28.6 Å². The molecule has 1 rings (SSSR count). The Hall–Kier alpha value is -2.95. The second kappa shape index (κ2) is 9.25. The summed E-state index contributed by atoms with van der Waals surface area (Å²) in [5.41, 5.74) is 5.82. The summed E-state index contributed by atoms with van der Waals surface area (Å²) in [5, 5.41) is 26.9. The molecule has 0 atom stereocenters. The molecule has 1 heterocycles. The van der Waals surface area contributed by atoms with Gasteiger partial charge >= 0.3 is 0 Å². The van der Waals surface area contributed by atoms with E-state index in [1.54, 1.807) is 6.08 Å². The van der Waals surface area contributed by atoms with Crippen LogP contribution in [0.3, 0.4) is 0 Å². The zero-order chi connectivity index (χ0) is 18.1. The number of rotatable bonds is 8. The van der Waals surface area contributed by atoms with Crippen LogP contribution in [0.5, 0.6) is 0 Å². The topological polar surface area (TPSA) is 163 Å². The molecule has 0 fully saturated rings. The number of nitrogens with one attached hydrogen (secondary N) is 2. The number of carbonyl (C=O) groups is 2. The number of nitro groups is 1. The average Bonchev–Trinajstić information content (AvgIpc) is 2.81. The zero-order valence-corrected chi connectivity index (χ0v) is 13.2. The van der Waals surface area contributed by atoms with Gasteiger partial charge in [0.2, 0.25) is 5.91 Å². The fraction of sp³-hybridized carbons (Fsp3) is 0.462. The molecule has 1 aliphatic rings. The number of hydrazone groups is 1. The molecule has 0 bridgehead atoms. The first kappa shape index (κ1) is 19.1. The first-order chi connectivity index (χ1) is 11.3. The molecule has 0 saturated heterocycles. The van der Waals surface area contributed by atoms with Gasteiger partial charge in [-0.2, -0.15) is 0 Å². The van der Waals surface area contributed by atoms with Crippen LogP contribution in [0.1, 0.15) is 13.3 Å². The fourth-order valence-corrected chi connectivity index (χ4v) is 1.90. The van der Waals surface area contributed by atoms with Gasteiger partial charge in [0.1, 0.15) is 6.54 Å². The van der Waals surface area contributed by atoms with Crippen molar-refractivity contribution in [1.82, 2.24) is 15.5 Å². The lowest BCUT2D eigenvalue weighted by Crippen LogP contribution is -2.39. The highest BCUT2D eigenvalue weighted by Gasteiger charge is 2.23. The van der Waals surface area contributed by atoms with Crippen molar-refractivity contribution in [2.75, 3.05) is 26.2 Å². The van der Waals surface area contributed by atoms with Crippen LogP contribution in [0.4, 0.5) is 0 Å². The zero-order valence-electron chi connectivity index (χ0n) is 13.2. The number of amidine groups is 1. The third-order valence-electron chi connectivity index (χ3n) is 3.02. The normalized spacial score (nSPS) is 15.3. The summed E-state index contributed by atoms with van der Waals surface area (Å²) in [6.45, 7) is 1.51. The molecule has 5 N–H and O–H groups in total. The quantitative estimate of drug-likeness (QED) is 0.134. The van der Waals surface area contributed by atoms with Crippen LogP contribution < -0.4 is 16.4 Å². The summed E-state index contributed by atoms with van der Waals surface area (Å²) in [5.74, 6) is -0.698. The molecule has 0 spiro atoms. The number of carbonyl (C=O) groups excluding carboxylic acids is 2. The molecule has 0 aromatic rings. The Morgan fingerprint density at radius 2 is 2.33 bits per heavy atom. The van der Waals surface area contributed by atoms with E-state index < -0.39 is 16.8 Å². The van der Waals surface area contributed by atoms with Gasteiger partial charge in [0.05, 0.1) is 17.4 Å². The summed E-state index contributed by atoms with van der Waals surface area (Å²) in [6.07, 6.45) is 3.50. The average molecular weight is 340 g/mol. The molecule has 11 nitrogen and oxygen atoms in total. The molecule has 11 heteroatoms. The molecule has 24 heavy (non-hydrogen) atoms. The van der Waals surface area contributed by atoms with Crippen molar-refractivity contribution in [3.8, 4) is 0 Å². The lowest BCUT2D eigenvalue weighted by Gasteiger charge is -2.16. The smallest absolute Gasteiger partial charge is 0.270 e. The molecule has 0 aromatic heterocycles. The minimum atomic E-state index is -0.807. The molecule has 0 radical (unpaired) electrons. The largest absolute Gasteiger partial charge is 0.394 e. The van der Waals surface area contributed by atoms with E-state index in [0.717, 1.165) is 0 Å². The van der Waals surface area contributed by atoms with E-state index in [4.69, 9.17) is 5.73 Å². The molecule has 0 saturated carbocycles. The number of hydrogen-bond acceptors (Lipinski definition) is 6. The second-order valence-electron chi connectivity index (χ2n) is 4.92. The van der Waals surface area contributed by atoms with Crippen LogP contribution in [0, 0.1) is 10.1 Å². The van der Waals surface area contributed by atoms with Gasteiger partial charge in [0.25, 0.3) is 5.91 Å². The summed E-state index contributed by atoms with van der Waals surface area (Å²) in [4.78, 5) is 34.8. The van der Waals surface area contributed by atoms with E-state index in [1.807, 2.05) is 0 Å². The van der Waals surface area contributed by atoms with Crippen molar-refractivity contribution >= 4 is 17.6 Å². The van der Waals surface area contributed by atoms with Crippen LogP contribution in [0.25, 0.3) is 0 Å². The predicted molar refractivity (Wildman–Crippen MR) is 84.9 cm³/mol. The standard InChI is InChI=1S/C13H20N6O5/c1-9(17-19(23)24)15-5-2-3-10(8-20)16-12(21)7-18-6-4-11(14)13(18)22/h3-4,20H,2,5-8,14H2,1H3,(H,15,17)(H,16,21)/b10-3-. The summed E-state index contributed by atoms with van der Waals surface area (Å²) < 4.78 is 0. The highest BCUT2D eigenvalue weighted by molar-refractivity contribution is 5.97. The lowest BCUT2D eigenvalue weighted by atomic mass is 10.3. The maximum Gasteiger partial charge on any atom is 0.270 e. The Labute approximate surface area is 138 Å². The van der Waals surface area contributed by atoms with Gasteiger partial charge in [-0.05, 0) is 19.4 Å². The van der Waals surface area contributed by atoms with Gasteiger partial charge in [-0.15, -0.1) is 0 Å². The molecule has 0 aromatic carbocycles. The highest BCUT2D eigenvalue weighted by Crippen LogP contribution is 2.05. The highest BCUT2D eigenvalue weighted by atomic mass is 16.7. The predicted octanol–water partition coefficient (Wildman–Crippen LogP) is -1.75. The third-order valence-corrected chi connectivity index (χ3v) is 3.02. The Balaban J connectivity index is 2.39. The van der Waals surface area contributed by atoms with Crippen LogP contribution in [-0.2, 0) is 9.59 Å². The van der Waals surface area contributed by atoms with E-state index in [0.29, 0.717) is 13.0 Å². The maximum atomic E-state index is 11.9. The SMILES string of the molecule is C/C(=N/[N+](=O)[O-])NCC/C=C(/CO)NC(=O)CN1CC=C(N)C1=O. The molecular weight excluding hydrogens is 320 g/mol. The van der Waals surface area contributed by atoms with Gasteiger partial charge in [-0.25, -0.2) is 10.1 Å². The van der Waals surface area contributed by atoms with Crippen molar-refractivity contribution in [1.29, 1.82) is 0 Å².